The molecule has 0 radical (unpaired) electrons. The topological polar surface area (TPSA) is 63.4 Å². The first-order valence-electron chi connectivity index (χ1n) is 9.09. The smallest absolute Gasteiger partial charge is 0.268 e. The average molecular weight is 359 g/mol. The van der Waals surface area contributed by atoms with E-state index in [1.165, 1.54) is 0 Å². The van der Waals surface area contributed by atoms with Gasteiger partial charge in [0.25, 0.3) is 5.91 Å². The van der Waals surface area contributed by atoms with Crippen LogP contribution >= 0.6 is 0 Å². The molecule has 4 rings (SSSR count). The zero-order valence-electron chi connectivity index (χ0n) is 15.0. The van der Waals surface area contributed by atoms with Crippen molar-refractivity contribution in [3.63, 3.8) is 0 Å². The number of aromatic nitrogens is 3. The van der Waals surface area contributed by atoms with Gasteiger partial charge in [0.1, 0.15) is 5.52 Å². The molecule has 1 amide bonds. The third-order valence-corrected chi connectivity index (χ3v) is 4.79. The first kappa shape index (κ1) is 17.1. The Labute approximate surface area is 157 Å². The Morgan fingerprint density at radius 3 is 2.89 bits per heavy atom. The molecule has 0 spiro atoms. The van der Waals surface area contributed by atoms with E-state index in [1.807, 2.05) is 47.1 Å². The molecule has 0 N–H and O–H groups in total. The molecule has 136 valence electrons. The van der Waals surface area contributed by atoms with Gasteiger partial charge in [-0.2, -0.15) is 10.2 Å². The maximum absolute atomic E-state index is 12.8. The maximum atomic E-state index is 12.8. The number of carbonyl (C=O) groups is 1. The molecule has 1 unspecified atom stereocenters. The van der Waals surface area contributed by atoms with Gasteiger partial charge in [0.2, 0.25) is 0 Å². The molecule has 1 aliphatic rings. The van der Waals surface area contributed by atoms with Gasteiger partial charge in [-0.25, -0.2) is 5.01 Å². The summed E-state index contributed by atoms with van der Waals surface area (Å²) in [6.45, 7) is 4.72. The van der Waals surface area contributed by atoms with Crippen molar-refractivity contribution < 1.29 is 4.79 Å². The van der Waals surface area contributed by atoms with Crippen molar-refractivity contribution in [1.82, 2.24) is 19.8 Å². The summed E-state index contributed by atoms with van der Waals surface area (Å²) in [5, 5.41) is 10.2. The van der Waals surface area contributed by atoms with Crippen LogP contribution in [0, 0.1) is 0 Å². The fourth-order valence-corrected chi connectivity index (χ4v) is 3.36. The number of benzene rings is 1. The summed E-state index contributed by atoms with van der Waals surface area (Å²) in [7, 11) is 0. The second-order valence-electron chi connectivity index (χ2n) is 6.59. The Hall–Kier alpha value is -3.28. The minimum Gasteiger partial charge on any atom is -0.268 e. The summed E-state index contributed by atoms with van der Waals surface area (Å²) >= 11 is 0. The highest BCUT2D eigenvalue weighted by Crippen LogP contribution is 2.29. The second kappa shape index (κ2) is 7.53. The lowest BCUT2D eigenvalue weighted by atomic mass is 10.0. The van der Waals surface area contributed by atoms with Crippen molar-refractivity contribution in [2.24, 2.45) is 5.10 Å². The average Bonchev–Trinajstić information content (AvgIpc) is 3.35. The fourth-order valence-electron chi connectivity index (χ4n) is 3.36. The Morgan fingerprint density at radius 2 is 2.04 bits per heavy atom. The van der Waals surface area contributed by atoms with Crippen LogP contribution in [0.1, 0.15) is 30.9 Å². The zero-order chi connectivity index (χ0) is 18.6. The SMILES string of the molecule is C=C(CCCn1ncc2ncccc21)C(=O)N1N=CCC1c1ccccc1. The molecule has 1 atom stereocenters. The van der Waals surface area contributed by atoms with Crippen molar-refractivity contribution in [2.45, 2.75) is 31.8 Å². The number of rotatable bonds is 6. The van der Waals surface area contributed by atoms with Gasteiger partial charge in [-0.15, -0.1) is 0 Å². The monoisotopic (exact) mass is 359 g/mol. The molecule has 0 saturated carbocycles. The van der Waals surface area contributed by atoms with Gasteiger partial charge in [0.05, 0.1) is 17.8 Å². The molecule has 6 nitrogen and oxygen atoms in total. The molecule has 1 aromatic carbocycles. The maximum Gasteiger partial charge on any atom is 0.269 e. The number of aryl methyl sites for hydroxylation is 1. The largest absolute Gasteiger partial charge is 0.269 e. The lowest BCUT2D eigenvalue weighted by molar-refractivity contribution is -0.129. The quantitative estimate of drug-likeness (QED) is 0.630. The van der Waals surface area contributed by atoms with E-state index in [0.29, 0.717) is 18.5 Å². The Balaban J connectivity index is 1.36. The van der Waals surface area contributed by atoms with Gasteiger partial charge >= 0.3 is 0 Å². The first-order chi connectivity index (χ1) is 13.2. The van der Waals surface area contributed by atoms with Gasteiger partial charge < -0.3 is 0 Å². The van der Waals surface area contributed by atoms with Crippen LogP contribution in [-0.2, 0) is 11.3 Å². The molecular formula is C21H21N5O. The van der Waals surface area contributed by atoms with Crippen molar-refractivity contribution in [1.29, 1.82) is 0 Å². The van der Waals surface area contributed by atoms with Gasteiger partial charge in [-0.1, -0.05) is 36.9 Å². The Bertz CT molecular complexity index is 992. The van der Waals surface area contributed by atoms with Crippen LogP contribution in [-0.4, -0.2) is 31.9 Å². The lowest BCUT2D eigenvalue weighted by Gasteiger charge is -2.23. The highest BCUT2D eigenvalue weighted by Gasteiger charge is 2.29. The molecule has 27 heavy (non-hydrogen) atoms. The fraction of sp³-hybridized carbons (Fsp3) is 0.238. The summed E-state index contributed by atoms with van der Waals surface area (Å²) in [6, 6.07) is 13.8. The molecular weight excluding hydrogens is 338 g/mol. The van der Waals surface area contributed by atoms with Crippen LogP contribution in [0.15, 0.2) is 72.1 Å². The number of hydrogen-bond acceptors (Lipinski definition) is 4. The van der Waals surface area contributed by atoms with E-state index in [9.17, 15) is 4.79 Å². The normalized spacial score (nSPS) is 16.1. The van der Waals surface area contributed by atoms with Crippen molar-refractivity contribution in [2.75, 3.05) is 0 Å². The highest BCUT2D eigenvalue weighted by molar-refractivity contribution is 5.94. The molecule has 3 aromatic rings. The number of pyridine rings is 1. The van der Waals surface area contributed by atoms with Crippen molar-refractivity contribution >= 4 is 23.2 Å². The van der Waals surface area contributed by atoms with Gasteiger partial charge in [0.15, 0.2) is 0 Å². The molecule has 0 saturated heterocycles. The number of amides is 1. The molecule has 0 fully saturated rings. The highest BCUT2D eigenvalue weighted by atomic mass is 16.2. The van der Waals surface area contributed by atoms with E-state index in [4.69, 9.17) is 0 Å². The molecule has 1 aliphatic heterocycles. The van der Waals surface area contributed by atoms with Crippen LogP contribution in [0.3, 0.4) is 0 Å². The van der Waals surface area contributed by atoms with Gasteiger partial charge in [-0.05, 0) is 30.5 Å². The van der Waals surface area contributed by atoms with Crippen molar-refractivity contribution in [3.05, 3.63) is 72.6 Å². The number of hydrazone groups is 1. The van der Waals surface area contributed by atoms with E-state index in [1.54, 1.807) is 23.6 Å². The number of hydrogen-bond donors (Lipinski definition) is 0. The first-order valence-corrected chi connectivity index (χ1v) is 9.09. The van der Waals surface area contributed by atoms with E-state index >= 15 is 0 Å². The number of carbonyl (C=O) groups excluding carboxylic acids is 1. The number of fused-ring (bicyclic) bond motifs is 1. The minimum absolute atomic E-state index is 0.0448. The molecule has 3 heterocycles. The Morgan fingerprint density at radius 1 is 1.19 bits per heavy atom. The van der Waals surface area contributed by atoms with Crippen LogP contribution in [0.2, 0.25) is 0 Å². The Kier molecular flexibility index (Phi) is 4.78. The third-order valence-electron chi connectivity index (χ3n) is 4.79. The van der Waals surface area contributed by atoms with Crippen molar-refractivity contribution in [3.8, 4) is 0 Å². The molecule has 0 bridgehead atoms. The standard InChI is InChI=1S/C21H21N5O/c1-16(7-6-14-25-20-10-5-12-22-18(20)15-24-25)21(27)26-19(11-13-23-26)17-8-3-2-4-9-17/h2-5,8-10,12-13,15,19H,1,6-7,11,14H2. The zero-order valence-corrected chi connectivity index (χ0v) is 15.0. The number of nitrogens with zero attached hydrogens (tertiary/aromatic N) is 5. The minimum atomic E-state index is -0.107. The van der Waals surface area contributed by atoms with Gasteiger partial charge in [-0.3, -0.25) is 14.5 Å². The summed E-state index contributed by atoms with van der Waals surface area (Å²) in [4.78, 5) is 17.1. The predicted octanol–water partition coefficient (Wildman–Crippen LogP) is 3.73. The predicted molar refractivity (Wildman–Crippen MR) is 105 cm³/mol. The summed E-state index contributed by atoms with van der Waals surface area (Å²) in [5.74, 6) is -0.107. The summed E-state index contributed by atoms with van der Waals surface area (Å²) in [5.41, 5.74) is 3.54. The molecule has 2 aromatic heterocycles. The van der Waals surface area contributed by atoms with Crippen LogP contribution in [0.5, 0.6) is 0 Å². The van der Waals surface area contributed by atoms with Gasteiger partial charge in [0, 0.05) is 31.0 Å². The van der Waals surface area contributed by atoms with Crippen LogP contribution in [0.25, 0.3) is 11.0 Å². The lowest BCUT2D eigenvalue weighted by Crippen LogP contribution is -2.28. The second-order valence-corrected chi connectivity index (χ2v) is 6.59. The third kappa shape index (κ3) is 3.51. The van der Waals surface area contributed by atoms with Crippen LogP contribution in [0.4, 0.5) is 0 Å². The molecule has 0 aliphatic carbocycles. The summed E-state index contributed by atoms with van der Waals surface area (Å²) in [6.07, 6.45) is 7.44. The van der Waals surface area contributed by atoms with Crippen LogP contribution < -0.4 is 0 Å². The van der Waals surface area contributed by atoms with E-state index in [-0.39, 0.29) is 11.9 Å². The van der Waals surface area contributed by atoms with E-state index in [0.717, 1.165) is 29.4 Å². The molecule has 6 heteroatoms. The van der Waals surface area contributed by atoms with E-state index in [2.05, 4.69) is 21.8 Å². The van der Waals surface area contributed by atoms with E-state index < -0.39 is 0 Å². The summed E-state index contributed by atoms with van der Waals surface area (Å²) < 4.78 is 1.92.